The first-order chi connectivity index (χ1) is 23.5. The molecule has 0 radical (unpaired) electrons. The number of benzene rings is 2. The zero-order chi connectivity index (χ0) is 34.4. The fourth-order valence-corrected chi connectivity index (χ4v) is 7.69. The van der Waals surface area contributed by atoms with Gasteiger partial charge in [0.25, 0.3) is 11.3 Å². The molecular weight excluding hydrogens is 661 g/mol. The van der Waals surface area contributed by atoms with Crippen molar-refractivity contribution in [1.82, 2.24) is 24.8 Å². The van der Waals surface area contributed by atoms with Crippen molar-refractivity contribution in [3.63, 3.8) is 0 Å². The number of hydrazine groups is 1. The highest BCUT2D eigenvalue weighted by Gasteiger charge is 2.35. The lowest BCUT2D eigenvalue weighted by atomic mass is 9.89. The predicted octanol–water partition coefficient (Wildman–Crippen LogP) is 4.45. The second-order valence-corrected chi connectivity index (χ2v) is 13.8. The molecular formula is C34H35F3N6O5S. The number of hydrogen-bond acceptors (Lipinski definition) is 7. The first-order valence-corrected chi connectivity index (χ1v) is 17.2. The van der Waals surface area contributed by atoms with Crippen LogP contribution in [0.25, 0.3) is 22.2 Å². The Morgan fingerprint density at radius 2 is 1.78 bits per heavy atom. The number of aromatic nitrogens is 2. The van der Waals surface area contributed by atoms with Gasteiger partial charge in [0.05, 0.1) is 18.7 Å². The van der Waals surface area contributed by atoms with Crippen molar-refractivity contribution in [1.29, 1.82) is 0 Å². The summed E-state index contributed by atoms with van der Waals surface area (Å²) in [5.41, 5.74) is 1.66. The van der Waals surface area contributed by atoms with E-state index in [0.29, 0.717) is 32.8 Å². The standard InChI is InChI=1S/C34H35F3N6O5S/c35-25-8-10-42(18-25)43(49(47)48)29-6-5-28(36)31(32(29)37)33(46)27-13-39-34-26(27)11-23(12-38-34)21-1-3-22(4-2-21)24-16-40(17-24)9-7-20-14-41(15-20)19-30(44)45/h1-6,11-13,20,24-25H,7-10,14-19H2,(H,38,39)(H,44,45)(H,47,48)/t25-/m1/s1. The summed E-state index contributed by atoms with van der Waals surface area (Å²) in [6, 6.07) is 11.6. The number of likely N-dealkylation sites (tertiary alicyclic amines) is 2. The number of aliphatic carboxylic acids is 1. The number of rotatable bonds is 12. The maximum absolute atomic E-state index is 15.9. The van der Waals surface area contributed by atoms with E-state index < -0.39 is 52.1 Å². The summed E-state index contributed by atoms with van der Waals surface area (Å²) in [5.74, 6) is -3.27. The first kappa shape index (κ1) is 33.4. The minimum atomic E-state index is -2.80. The van der Waals surface area contributed by atoms with Gasteiger partial charge in [-0.2, -0.15) is 4.41 Å². The number of halogens is 3. The molecule has 11 nitrogen and oxygen atoms in total. The van der Waals surface area contributed by atoms with E-state index in [0.717, 1.165) is 61.8 Å². The highest BCUT2D eigenvalue weighted by molar-refractivity contribution is 7.80. The highest BCUT2D eigenvalue weighted by Crippen LogP contribution is 2.34. The van der Waals surface area contributed by atoms with E-state index in [1.165, 1.54) is 11.8 Å². The smallest absolute Gasteiger partial charge is 0.317 e. The fourth-order valence-electron chi connectivity index (χ4n) is 7.04. The maximum Gasteiger partial charge on any atom is 0.317 e. The molecule has 0 aliphatic carbocycles. The second kappa shape index (κ2) is 13.6. The van der Waals surface area contributed by atoms with Gasteiger partial charge < -0.3 is 15.0 Å². The van der Waals surface area contributed by atoms with Crippen LogP contribution in [-0.4, -0.2) is 109 Å². The predicted molar refractivity (Wildman–Crippen MR) is 177 cm³/mol. The van der Waals surface area contributed by atoms with Crippen LogP contribution < -0.4 is 4.41 Å². The fraction of sp³-hybridized carbons (Fsp3) is 0.382. The summed E-state index contributed by atoms with van der Waals surface area (Å²) in [6.45, 7) is 4.52. The lowest BCUT2D eigenvalue weighted by Crippen LogP contribution is -2.51. The number of aromatic amines is 1. The molecule has 3 N–H and O–H groups in total. The number of carboxylic acid groups (broad SMARTS) is 1. The van der Waals surface area contributed by atoms with Gasteiger partial charge in [-0.15, -0.1) is 0 Å². The zero-order valence-electron chi connectivity index (χ0n) is 26.4. The molecule has 3 aliphatic heterocycles. The molecule has 2 aromatic carbocycles. The Labute approximate surface area is 282 Å². The molecule has 0 bridgehead atoms. The molecule has 7 rings (SSSR count). The van der Waals surface area contributed by atoms with Gasteiger partial charge in [-0.1, -0.05) is 24.3 Å². The Morgan fingerprint density at radius 1 is 1.02 bits per heavy atom. The average Bonchev–Trinajstić information content (AvgIpc) is 3.65. The van der Waals surface area contributed by atoms with Crippen molar-refractivity contribution >= 4 is 39.7 Å². The Hall–Kier alpha value is -4.15. The van der Waals surface area contributed by atoms with Crippen LogP contribution in [0.3, 0.4) is 0 Å². The number of nitrogens with zero attached hydrogens (tertiary/aromatic N) is 5. The number of fused-ring (bicyclic) bond motifs is 1. The highest BCUT2D eigenvalue weighted by atomic mass is 32.2. The molecule has 0 saturated carbocycles. The second-order valence-electron chi connectivity index (χ2n) is 13.0. The van der Waals surface area contributed by atoms with Crippen LogP contribution in [0.2, 0.25) is 0 Å². The van der Waals surface area contributed by atoms with Gasteiger partial charge in [0.2, 0.25) is 5.78 Å². The Morgan fingerprint density at radius 3 is 2.45 bits per heavy atom. The van der Waals surface area contributed by atoms with Crippen LogP contribution in [0.15, 0.2) is 54.9 Å². The van der Waals surface area contributed by atoms with E-state index in [1.807, 2.05) is 17.0 Å². The number of alkyl halides is 1. The van der Waals surface area contributed by atoms with Crippen LogP contribution in [-0.2, 0) is 16.1 Å². The molecule has 4 aromatic rings. The summed E-state index contributed by atoms with van der Waals surface area (Å²) >= 11 is -2.80. The van der Waals surface area contributed by atoms with Gasteiger partial charge >= 0.3 is 5.97 Å². The lowest BCUT2D eigenvalue weighted by Gasteiger charge is -2.43. The Balaban J connectivity index is 1.04. The number of H-pyrrole nitrogens is 1. The van der Waals surface area contributed by atoms with E-state index in [-0.39, 0.29) is 31.6 Å². The molecule has 3 saturated heterocycles. The number of hydrogen-bond donors (Lipinski definition) is 3. The van der Waals surface area contributed by atoms with Crippen molar-refractivity contribution in [3.8, 4) is 11.1 Å². The quantitative estimate of drug-likeness (QED) is 0.145. The molecule has 258 valence electrons. The SMILES string of the molecule is O=C(O)CN1CC(CCN2CC(c3ccc(-c4cnc5[nH]cc(C(=O)c6c(F)ccc(N(N7CC[C@@H](F)C7)S(=O)O)c6F)c5c4)cc3)C2)C1. The van der Waals surface area contributed by atoms with Crippen LogP contribution in [0.5, 0.6) is 0 Å². The largest absolute Gasteiger partial charge is 0.480 e. The Bertz CT molecular complexity index is 1910. The van der Waals surface area contributed by atoms with E-state index in [9.17, 15) is 22.7 Å². The van der Waals surface area contributed by atoms with Crippen molar-refractivity contribution in [2.75, 3.05) is 56.8 Å². The van der Waals surface area contributed by atoms with Gasteiger partial charge in [-0.25, -0.2) is 27.4 Å². The topological polar surface area (TPSA) is 133 Å². The monoisotopic (exact) mass is 696 g/mol. The summed E-state index contributed by atoms with van der Waals surface area (Å²) < 4.78 is 67.6. The van der Waals surface area contributed by atoms with Gasteiger partial charge in [0, 0.05) is 67.5 Å². The maximum atomic E-state index is 15.9. The van der Waals surface area contributed by atoms with Crippen LogP contribution in [0, 0.1) is 17.6 Å². The molecule has 2 atom stereocenters. The third kappa shape index (κ3) is 6.73. The number of pyridine rings is 1. The van der Waals surface area contributed by atoms with Crippen molar-refractivity contribution in [2.45, 2.75) is 24.9 Å². The van der Waals surface area contributed by atoms with Gasteiger partial charge in [0.15, 0.2) is 5.82 Å². The van der Waals surface area contributed by atoms with Crippen LogP contribution in [0.4, 0.5) is 18.9 Å². The third-order valence-electron chi connectivity index (χ3n) is 9.71. The van der Waals surface area contributed by atoms with Crippen LogP contribution in [0.1, 0.15) is 40.2 Å². The Kier molecular flexibility index (Phi) is 9.28. The summed E-state index contributed by atoms with van der Waals surface area (Å²) in [5, 5.41) is 10.4. The first-order valence-electron chi connectivity index (χ1n) is 16.1. The van der Waals surface area contributed by atoms with Crippen molar-refractivity contribution < 1.29 is 36.6 Å². The van der Waals surface area contributed by atoms with Crippen molar-refractivity contribution in [3.05, 3.63) is 83.2 Å². The van der Waals surface area contributed by atoms with E-state index in [4.69, 9.17) is 5.11 Å². The zero-order valence-corrected chi connectivity index (χ0v) is 27.2. The number of ketones is 1. The number of carbonyl (C=O) groups is 2. The van der Waals surface area contributed by atoms with Crippen molar-refractivity contribution in [2.24, 2.45) is 5.92 Å². The summed E-state index contributed by atoms with van der Waals surface area (Å²) in [4.78, 5) is 36.2. The molecule has 2 aromatic heterocycles. The number of carbonyl (C=O) groups excluding carboxylic acids is 1. The van der Waals surface area contributed by atoms with E-state index >= 15 is 8.78 Å². The average molecular weight is 697 g/mol. The third-order valence-corrected chi connectivity index (χ3v) is 10.4. The van der Waals surface area contributed by atoms with E-state index in [2.05, 4.69) is 27.0 Å². The van der Waals surface area contributed by atoms with Gasteiger partial charge in [0.1, 0.15) is 23.3 Å². The molecule has 3 aliphatic rings. The molecule has 0 spiro atoms. The van der Waals surface area contributed by atoms with Gasteiger partial charge in [-0.05, 0) is 54.6 Å². The number of nitrogens with one attached hydrogen (secondary N) is 1. The molecule has 5 heterocycles. The lowest BCUT2D eigenvalue weighted by molar-refractivity contribution is -0.140. The minimum absolute atomic E-state index is 0.0244. The number of anilines is 1. The molecule has 1 unspecified atom stereocenters. The van der Waals surface area contributed by atoms with Gasteiger partial charge in [-0.3, -0.25) is 19.0 Å². The van der Waals surface area contributed by atoms with E-state index in [1.54, 1.807) is 12.3 Å². The summed E-state index contributed by atoms with van der Waals surface area (Å²) in [7, 11) is 0. The van der Waals surface area contributed by atoms with Crippen LogP contribution >= 0.6 is 0 Å². The molecule has 49 heavy (non-hydrogen) atoms. The molecule has 0 amide bonds. The normalized spacial score (nSPS) is 20.0. The molecule has 15 heteroatoms. The summed E-state index contributed by atoms with van der Waals surface area (Å²) in [6.07, 6.45) is 2.84. The number of carboxylic acids is 1. The molecule has 3 fully saturated rings. The minimum Gasteiger partial charge on any atom is -0.480 e.